The smallest absolute Gasteiger partial charge is 0.246 e. The molecule has 2 aromatic rings. The number of sulfonamides is 1. The molecular formula is C15H21ClN4O3S. The molecule has 3 rings (SSSR count). The number of halogens is 1. The molecule has 7 nitrogen and oxygen atoms in total. The minimum absolute atomic E-state index is 0. The molecule has 1 aromatic carbocycles. The minimum atomic E-state index is -3.53. The van der Waals surface area contributed by atoms with Crippen LogP contribution in [0, 0.1) is 5.92 Å². The van der Waals surface area contributed by atoms with Gasteiger partial charge in [0.05, 0.1) is 19.5 Å². The van der Waals surface area contributed by atoms with Crippen LogP contribution < -0.4 is 10.5 Å². The fourth-order valence-electron chi connectivity index (χ4n) is 2.75. The zero-order chi connectivity index (χ0) is 16.4. The molecule has 0 aliphatic carbocycles. The lowest BCUT2D eigenvalue weighted by atomic mass is 10.1. The molecule has 0 amide bonds. The van der Waals surface area contributed by atoms with Crippen LogP contribution in [0.25, 0.3) is 5.69 Å². The SMILES string of the molecule is COc1ccccc1-n1cc(S(=O)(=O)N2CCC(CN)C2)cn1.Cl. The zero-order valence-corrected chi connectivity index (χ0v) is 15.0. The quantitative estimate of drug-likeness (QED) is 0.853. The summed E-state index contributed by atoms with van der Waals surface area (Å²) in [7, 11) is -1.97. The van der Waals surface area contributed by atoms with Crippen molar-refractivity contribution >= 4 is 22.4 Å². The predicted octanol–water partition coefficient (Wildman–Crippen LogP) is 1.27. The summed E-state index contributed by atoms with van der Waals surface area (Å²) >= 11 is 0. The van der Waals surface area contributed by atoms with Crippen LogP contribution in [0.15, 0.2) is 41.6 Å². The third-order valence-corrected chi connectivity index (χ3v) is 5.93. The normalized spacial score (nSPS) is 18.3. The van der Waals surface area contributed by atoms with E-state index in [-0.39, 0.29) is 23.2 Å². The average Bonchev–Trinajstić information content (AvgIpc) is 3.24. The Kier molecular flexibility index (Phi) is 5.87. The summed E-state index contributed by atoms with van der Waals surface area (Å²) in [5.74, 6) is 0.859. The molecule has 1 unspecified atom stereocenters. The minimum Gasteiger partial charge on any atom is -0.494 e. The Labute approximate surface area is 147 Å². The highest BCUT2D eigenvalue weighted by Gasteiger charge is 2.32. The van der Waals surface area contributed by atoms with Gasteiger partial charge in [-0.1, -0.05) is 12.1 Å². The Morgan fingerprint density at radius 1 is 1.38 bits per heavy atom. The van der Waals surface area contributed by atoms with Crippen molar-refractivity contribution in [2.45, 2.75) is 11.3 Å². The van der Waals surface area contributed by atoms with Crippen LogP contribution in [0.5, 0.6) is 5.75 Å². The number of nitrogens with two attached hydrogens (primary N) is 1. The molecule has 0 saturated carbocycles. The third-order valence-electron chi connectivity index (χ3n) is 4.11. The topological polar surface area (TPSA) is 90.5 Å². The summed E-state index contributed by atoms with van der Waals surface area (Å²) in [6.07, 6.45) is 3.69. The number of rotatable bonds is 5. The second-order valence-electron chi connectivity index (χ2n) is 5.55. The van der Waals surface area contributed by atoms with E-state index in [1.54, 1.807) is 13.2 Å². The van der Waals surface area contributed by atoms with Gasteiger partial charge in [-0.2, -0.15) is 9.40 Å². The standard InChI is InChI=1S/C15H20N4O3S.ClH/c1-22-15-5-3-2-4-14(15)19-11-13(9-17-19)23(20,21)18-7-6-12(8-16)10-18;/h2-5,9,11-12H,6-8,10,16H2,1H3;1H. The summed E-state index contributed by atoms with van der Waals surface area (Å²) in [6.45, 7) is 1.48. The molecule has 0 radical (unpaired) electrons. The summed E-state index contributed by atoms with van der Waals surface area (Å²) in [5.41, 5.74) is 6.33. The maximum absolute atomic E-state index is 12.7. The summed E-state index contributed by atoms with van der Waals surface area (Å²) < 4.78 is 33.7. The molecule has 1 aliphatic rings. The average molecular weight is 373 g/mol. The van der Waals surface area contributed by atoms with Gasteiger partial charge in [-0.05, 0) is 31.0 Å². The first-order chi connectivity index (χ1) is 11.1. The van der Waals surface area contributed by atoms with E-state index in [0.717, 1.165) is 6.42 Å². The van der Waals surface area contributed by atoms with E-state index in [2.05, 4.69) is 5.10 Å². The Hall–Kier alpha value is -1.61. The van der Waals surface area contributed by atoms with Gasteiger partial charge in [0, 0.05) is 13.1 Å². The number of benzene rings is 1. The monoisotopic (exact) mass is 372 g/mol. The Morgan fingerprint density at radius 2 is 2.12 bits per heavy atom. The lowest BCUT2D eigenvalue weighted by Gasteiger charge is -2.14. The summed E-state index contributed by atoms with van der Waals surface area (Å²) in [5, 5.41) is 4.18. The highest BCUT2D eigenvalue weighted by molar-refractivity contribution is 7.89. The Morgan fingerprint density at radius 3 is 2.79 bits per heavy atom. The number of hydrogen-bond donors (Lipinski definition) is 1. The summed E-state index contributed by atoms with van der Waals surface area (Å²) in [6, 6.07) is 7.32. The molecule has 1 atom stereocenters. The second-order valence-corrected chi connectivity index (χ2v) is 7.48. The van der Waals surface area contributed by atoms with Crippen molar-refractivity contribution in [3.05, 3.63) is 36.7 Å². The fourth-order valence-corrected chi connectivity index (χ4v) is 4.21. The van der Waals surface area contributed by atoms with Gasteiger partial charge < -0.3 is 10.5 Å². The molecule has 2 N–H and O–H groups in total. The highest BCUT2D eigenvalue weighted by Crippen LogP contribution is 2.26. The largest absolute Gasteiger partial charge is 0.494 e. The molecular weight excluding hydrogens is 352 g/mol. The number of methoxy groups -OCH3 is 1. The van der Waals surface area contributed by atoms with Gasteiger partial charge in [-0.25, -0.2) is 13.1 Å². The van der Waals surface area contributed by atoms with Crippen molar-refractivity contribution in [3.8, 4) is 11.4 Å². The molecule has 2 heterocycles. The molecule has 1 fully saturated rings. The van der Waals surface area contributed by atoms with Gasteiger partial charge in [0.25, 0.3) is 0 Å². The molecule has 24 heavy (non-hydrogen) atoms. The first-order valence-electron chi connectivity index (χ1n) is 7.44. The van der Waals surface area contributed by atoms with Gasteiger partial charge in [0.2, 0.25) is 10.0 Å². The van der Waals surface area contributed by atoms with Gasteiger partial charge >= 0.3 is 0 Å². The van der Waals surface area contributed by atoms with Crippen LogP contribution in [0.3, 0.4) is 0 Å². The molecule has 9 heteroatoms. The number of ether oxygens (including phenoxy) is 1. The molecule has 1 aromatic heterocycles. The van der Waals surface area contributed by atoms with E-state index >= 15 is 0 Å². The molecule has 132 valence electrons. The second kappa shape index (κ2) is 7.52. The van der Waals surface area contributed by atoms with E-state index in [1.807, 2.05) is 18.2 Å². The van der Waals surface area contributed by atoms with Crippen LogP contribution in [0.4, 0.5) is 0 Å². The van der Waals surface area contributed by atoms with Crippen molar-refractivity contribution < 1.29 is 13.2 Å². The lowest BCUT2D eigenvalue weighted by molar-refractivity contribution is 0.411. The first kappa shape index (κ1) is 18.7. The number of nitrogens with zero attached hydrogens (tertiary/aromatic N) is 3. The van der Waals surface area contributed by atoms with Crippen molar-refractivity contribution in [2.24, 2.45) is 11.7 Å². The van der Waals surface area contributed by atoms with E-state index in [1.165, 1.54) is 21.4 Å². The summed E-state index contributed by atoms with van der Waals surface area (Å²) in [4.78, 5) is 0.182. The molecule has 0 bridgehead atoms. The van der Waals surface area contributed by atoms with Crippen LogP contribution in [-0.4, -0.2) is 49.2 Å². The predicted molar refractivity (Wildman–Crippen MR) is 93.3 cm³/mol. The number of hydrogen-bond acceptors (Lipinski definition) is 5. The van der Waals surface area contributed by atoms with Gasteiger partial charge in [0.1, 0.15) is 16.3 Å². The number of aromatic nitrogens is 2. The lowest BCUT2D eigenvalue weighted by Crippen LogP contribution is -2.29. The van der Waals surface area contributed by atoms with Crippen LogP contribution in [0.1, 0.15) is 6.42 Å². The van der Waals surface area contributed by atoms with Crippen LogP contribution in [-0.2, 0) is 10.0 Å². The van der Waals surface area contributed by atoms with Crippen molar-refractivity contribution in [2.75, 3.05) is 26.7 Å². The molecule has 1 saturated heterocycles. The van der Waals surface area contributed by atoms with Gasteiger partial charge in [0.15, 0.2) is 0 Å². The van der Waals surface area contributed by atoms with Crippen molar-refractivity contribution in [1.29, 1.82) is 0 Å². The van der Waals surface area contributed by atoms with E-state index in [0.29, 0.717) is 31.1 Å². The maximum atomic E-state index is 12.7. The maximum Gasteiger partial charge on any atom is 0.246 e. The van der Waals surface area contributed by atoms with Crippen LogP contribution in [0.2, 0.25) is 0 Å². The zero-order valence-electron chi connectivity index (χ0n) is 13.3. The fraction of sp³-hybridized carbons (Fsp3) is 0.400. The van der Waals surface area contributed by atoms with E-state index < -0.39 is 10.0 Å². The molecule has 0 spiro atoms. The Balaban J connectivity index is 0.00000208. The van der Waals surface area contributed by atoms with Gasteiger partial charge in [-0.15, -0.1) is 12.4 Å². The van der Waals surface area contributed by atoms with E-state index in [9.17, 15) is 8.42 Å². The van der Waals surface area contributed by atoms with Gasteiger partial charge in [-0.3, -0.25) is 0 Å². The van der Waals surface area contributed by atoms with Crippen LogP contribution >= 0.6 is 12.4 Å². The van der Waals surface area contributed by atoms with E-state index in [4.69, 9.17) is 10.5 Å². The van der Waals surface area contributed by atoms with Crippen molar-refractivity contribution in [1.82, 2.24) is 14.1 Å². The third kappa shape index (κ3) is 3.41. The van der Waals surface area contributed by atoms with Crippen molar-refractivity contribution in [3.63, 3.8) is 0 Å². The Bertz CT molecular complexity index is 794. The highest BCUT2D eigenvalue weighted by atomic mass is 35.5. The first-order valence-corrected chi connectivity index (χ1v) is 8.88. The number of para-hydroxylation sites is 2. The molecule has 1 aliphatic heterocycles.